The van der Waals surface area contributed by atoms with Gasteiger partial charge in [0.05, 0.1) is 12.8 Å². The zero-order valence-electron chi connectivity index (χ0n) is 16.3. The van der Waals surface area contributed by atoms with Gasteiger partial charge >= 0.3 is 0 Å². The van der Waals surface area contributed by atoms with Crippen LogP contribution in [0.5, 0.6) is 0 Å². The number of carbonyl (C=O) groups excluding carboxylic acids is 1. The summed E-state index contributed by atoms with van der Waals surface area (Å²) in [5.74, 6) is 0.0831. The molecule has 1 aliphatic heterocycles. The quantitative estimate of drug-likeness (QED) is 0.728. The smallest absolute Gasteiger partial charge is 0.277 e. The van der Waals surface area contributed by atoms with Gasteiger partial charge in [0.1, 0.15) is 6.54 Å². The van der Waals surface area contributed by atoms with Gasteiger partial charge in [0.2, 0.25) is 10.0 Å². The van der Waals surface area contributed by atoms with Crippen molar-refractivity contribution in [1.29, 1.82) is 0 Å². The number of nitrogens with zero attached hydrogens (tertiary/aromatic N) is 2. The Hall–Kier alpha value is -2.22. The first-order valence-corrected chi connectivity index (χ1v) is 11.2. The van der Waals surface area contributed by atoms with E-state index in [1.54, 1.807) is 4.90 Å². The number of hydrogen-bond acceptors (Lipinski definition) is 3. The highest BCUT2D eigenvalue weighted by molar-refractivity contribution is 7.88. The molecule has 150 valence electrons. The number of nitrogens with one attached hydrogen (secondary N) is 1. The van der Waals surface area contributed by atoms with E-state index in [1.807, 2.05) is 55.6 Å². The van der Waals surface area contributed by atoms with Crippen molar-refractivity contribution in [2.75, 3.05) is 39.8 Å². The molecule has 0 bridgehead atoms. The van der Waals surface area contributed by atoms with E-state index >= 15 is 0 Å². The molecule has 1 fully saturated rings. The molecule has 1 unspecified atom stereocenters. The lowest BCUT2D eigenvalue weighted by molar-refractivity contribution is -0.885. The van der Waals surface area contributed by atoms with Crippen LogP contribution in [0.25, 0.3) is 0 Å². The molecular formula is C21H28N3O3S+. The Labute approximate surface area is 167 Å². The number of hydrogen-bond donors (Lipinski definition) is 1. The first-order chi connectivity index (χ1) is 13.4. The normalized spacial score (nSPS) is 16.7. The molecule has 6 nitrogen and oxygen atoms in total. The minimum Gasteiger partial charge on any atom is -0.335 e. The minimum atomic E-state index is -3.36. The largest absolute Gasteiger partial charge is 0.335 e. The molecule has 0 aliphatic carbocycles. The summed E-state index contributed by atoms with van der Waals surface area (Å²) in [6.45, 7) is 2.82. The number of carbonyl (C=O) groups is 1. The summed E-state index contributed by atoms with van der Waals surface area (Å²) in [4.78, 5) is 15.5. The molecule has 1 aliphatic rings. The fraction of sp³-hybridized carbons (Fsp3) is 0.381. The van der Waals surface area contributed by atoms with Crippen molar-refractivity contribution in [1.82, 2.24) is 9.21 Å². The van der Waals surface area contributed by atoms with Gasteiger partial charge in [-0.25, -0.2) is 8.42 Å². The van der Waals surface area contributed by atoms with Crippen molar-refractivity contribution >= 4 is 15.9 Å². The van der Waals surface area contributed by atoms with Crippen LogP contribution in [0, 0.1) is 0 Å². The van der Waals surface area contributed by atoms with Crippen molar-refractivity contribution in [3.8, 4) is 0 Å². The van der Waals surface area contributed by atoms with E-state index in [9.17, 15) is 13.2 Å². The third-order valence-corrected chi connectivity index (χ3v) is 6.83. The first kappa shape index (κ1) is 20.5. The van der Waals surface area contributed by atoms with E-state index in [1.165, 1.54) is 9.87 Å². The maximum Gasteiger partial charge on any atom is 0.277 e. The Morgan fingerprint density at radius 3 is 2.00 bits per heavy atom. The average molecular weight is 403 g/mol. The van der Waals surface area contributed by atoms with E-state index in [-0.39, 0.29) is 11.7 Å². The number of rotatable bonds is 7. The molecule has 7 heteroatoms. The summed E-state index contributed by atoms with van der Waals surface area (Å²) in [6, 6.07) is 19.3. The van der Waals surface area contributed by atoms with Gasteiger partial charge < -0.3 is 9.80 Å². The fourth-order valence-electron chi connectivity index (χ4n) is 3.47. The Kier molecular flexibility index (Phi) is 6.83. The van der Waals surface area contributed by atoms with Gasteiger partial charge in [0, 0.05) is 31.7 Å². The van der Waals surface area contributed by atoms with Crippen LogP contribution in [-0.4, -0.2) is 63.3 Å². The molecule has 0 radical (unpaired) electrons. The van der Waals surface area contributed by atoms with E-state index in [2.05, 4.69) is 12.1 Å². The Morgan fingerprint density at radius 1 is 0.893 bits per heavy atom. The summed E-state index contributed by atoms with van der Waals surface area (Å²) in [7, 11) is -1.35. The maximum absolute atomic E-state index is 12.6. The van der Waals surface area contributed by atoms with Gasteiger partial charge in [-0.05, 0) is 5.56 Å². The number of benzene rings is 2. The number of amides is 1. The average Bonchev–Trinajstić information content (AvgIpc) is 2.69. The second-order valence-electron chi connectivity index (χ2n) is 7.32. The van der Waals surface area contributed by atoms with Gasteiger partial charge in [0.15, 0.2) is 6.54 Å². The van der Waals surface area contributed by atoms with Crippen LogP contribution in [0.2, 0.25) is 0 Å². The van der Waals surface area contributed by atoms with Gasteiger partial charge in [0.25, 0.3) is 5.91 Å². The van der Waals surface area contributed by atoms with Gasteiger partial charge in [-0.2, -0.15) is 4.31 Å². The lowest BCUT2D eigenvalue weighted by atomic mass is 10.2. The number of likely N-dealkylation sites (N-methyl/N-ethyl adjacent to an activating group) is 1. The van der Waals surface area contributed by atoms with Crippen molar-refractivity contribution in [2.45, 2.75) is 12.3 Å². The summed E-state index contributed by atoms with van der Waals surface area (Å²) < 4.78 is 26.8. The van der Waals surface area contributed by atoms with Crippen LogP contribution in [0.15, 0.2) is 60.7 Å². The highest BCUT2D eigenvalue weighted by atomic mass is 32.2. The molecule has 1 amide bonds. The summed E-state index contributed by atoms with van der Waals surface area (Å²) in [6.07, 6.45) is 0. The third kappa shape index (κ3) is 5.64. The molecular weight excluding hydrogens is 374 g/mol. The van der Waals surface area contributed by atoms with Crippen molar-refractivity contribution < 1.29 is 18.1 Å². The van der Waals surface area contributed by atoms with Gasteiger partial charge in [-0.3, -0.25) is 4.79 Å². The zero-order valence-corrected chi connectivity index (χ0v) is 17.1. The molecule has 1 heterocycles. The van der Waals surface area contributed by atoms with Gasteiger partial charge in [-0.15, -0.1) is 0 Å². The van der Waals surface area contributed by atoms with Gasteiger partial charge in [-0.1, -0.05) is 60.7 Å². The first-order valence-electron chi connectivity index (χ1n) is 9.59. The number of piperazine rings is 1. The third-order valence-electron chi connectivity index (χ3n) is 4.98. The minimum absolute atomic E-state index is 0.00570. The molecule has 0 saturated carbocycles. The second kappa shape index (κ2) is 9.32. The van der Waals surface area contributed by atoms with Crippen LogP contribution in [0.4, 0.5) is 0 Å². The SMILES string of the molecule is C[NH+](CC(=O)N1CCN(S(=O)(=O)Cc2ccccc2)CC1)Cc1ccccc1. The standard InChI is InChI=1S/C21H27N3O3S/c1-22(16-19-8-4-2-5-9-19)17-21(25)23-12-14-24(15-13-23)28(26,27)18-20-10-6-3-7-11-20/h2-11H,12-18H2,1H3/p+1. The maximum atomic E-state index is 12.6. The van der Waals surface area contributed by atoms with Crippen LogP contribution in [-0.2, 0) is 27.1 Å². The summed E-state index contributed by atoms with van der Waals surface area (Å²) in [5.41, 5.74) is 1.98. The molecule has 0 spiro atoms. The van der Waals surface area contributed by atoms with E-state index in [0.29, 0.717) is 32.7 Å². The second-order valence-corrected chi connectivity index (χ2v) is 9.29. The molecule has 2 aromatic rings. The lowest BCUT2D eigenvalue weighted by Gasteiger charge is -2.34. The lowest BCUT2D eigenvalue weighted by Crippen LogP contribution is -3.09. The molecule has 2 aromatic carbocycles. The topological polar surface area (TPSA) is 62.1 Å². The van der Waals surface area contributed by atoms with E-state index in [4.69, 9.17) is 0 Å². The number of sulfonamides is 1. The molecule has 1 atom stereocenters. The van der Waals surface area contributed by atoms with Crippen LogP contribution >= 0.6 is 0 Å². The van der Waals surface area contributed by atoms with Crippen LogP contribution in [0.3, 0.4) is 0 Å². The Balaban J connectivity index is 1.48. The highest BCUT2D eigenvalue weighted by Gasteiger charge is 2.29. The Morgan fingerprint density at radius 2 is 1.43 bits per heavy atom. The predicted octanol–water partition coefficient (Wildman–Crippen LogP) is 0.376. The van der Waals surface area contributed by atoms with E-state index in [0.717, 1.165) is 17.0 Å². The summed E-state index contributed by atoms with van der Waals surface area (Å²) in [5, 5.41) is 0. The van der Waals surface area contributed by atoms with E-state index < -0.39 is 10.0 Å². The highest BCUT2D eigenvalue weighted by Crippen LogP contribution is 2.13. The number of quaternary nitrogens is 1. The summed E-state index contributed by atoms with van der Waals surface area (Å²) >= 11 is 0. The monoisotopic (exact) mass is 402 g/mol. The zero-order chi connectivity index (χ0) is 20.0. The van der Waals surface area contributed by atoms with Crippen molar-refractivity contribution in [3.63, 3.8) is 0 Å². The molecule has 1 saturated heterocycles. The molecule has 3 rings (SSSR count). The van der Waals surface area contributed by atoms with Crippen LogP contribution < -0.4 is 4.90 Å². The van der Waals surface area contributed by atoms with Crippen molar-refractivity contribution in [3.05, 3.63) is 71.8 Å². The Bertz CT molecular complexity index is 864. The van der Waals surface area contributed by atoms with Crippen molar-refractivity contribution in [2.24, 2.45) is 0 Å². The molecule has 1 N–H and O–H groups in total. The van der Waals surface area contributed by atoms with Crippen LogP contribution in [0.1, 0.15) is 11.1 Å². The molecule has 28 heavy (non-hydrogen) atoms. The predicted molar refractivity (Wildman–Crippen MR) is 109 cm³/mol. The molecule has 0 aromatic heterocycles. The fourth-order valence-corrected chi connectivity index (χ4v) is 4.98.